The van der Waals surface area contributed by atoms with Gasteiger partial charge in [-0.15, -0.1) is 0 Å². The van der Waals surface area contributed by atoms with Gasteiger partial charge in [0.1, 0.15) is 17.6 Å². The van der Waals surface area contributed by atoms with Gasteiger partial charge in [0.2, 0.25) is 11.8 Å². The van der Waals surface area contributed by atoms with Gasteiger partial charge in [-0.3, -0.25) is 29.5 Å². The molecule has 35 heavy (non-hydrogen) atoms. The second-order valence-electron chi connectivity index (χ2n) is 7.80. The number of alkyl halides is 3. The predicted octanol–water partition coefficient (Wildman–Crippen LogP) is 3.11. The lowest BCUT2D eigenvalue weighted by molar-refractivity contribution is -0.136. The largest absolute Gasteiger partial charge is 0.322 e. The minimum atomic E-state index is -3.89. The number of imide groups is 1. The van der Waals surface area contributed by atoms with Crippen LogP contribution in [0.15, 0.2) is 24.4 Å². The van der Waals surface area contributed by atoms with E-state index >= 15 is 8.78 Å². The Bertz CT molecular complexity index is 1280. The van der Waals surface area contributed by atoms with Crippen LogP contribution in [-0.4, -0.2) is 46.0 Å². The second-order valence-corrected chi connectivity index (χ2v) is 8.65. The molecule has 2 atom stereocenters. The lowest BCUT2D eigenvalue weighted by Gasteiger charge is -2.29. The number of aromatic nitrogens is 1. The van der Waals surface area contributed by atoms with Crippen LogP contribution in [0.25, 0.3) is 0 Å². The molecule has 2 N–H and O–H groups in total. The van der Waals surface area contributed by atoms with Crippen LogP contribution >= 0.6 is 23.2 Å². The molecule has 0 aliphatic carbocycles. The number of hydrogen-bond donors (Lipinski definition) is 2. The number of rotatable bonds is 5. The summed E-state index contributed by atoms with van der Waals surface area (Å²) in [6.07, 6.45) is -3.01. The maximum atomic E-state index is 15.3. The summed E-state index contributed by atoms with van der Waals surface area (Å²) in [7, 11) is 0. The van der Waals surface area contributed by atoms with Gasteiger partial charge in [0.25, 0.3) is 24.0 Å². The first kappa shape index (κ1) is 24.9. The van der Waals surface area contributed by atoms with Gasteiger partial charge in [0, 0.05) is 23.7 Å². The number of fused-ring (bicyclic) bond motifs is 1. The first-order chi connectivity index (χ1) is 16.4. The molecule has 3 heterocycles. The Kier molecular flexibility index (Phi) is 6.45. The Balaban J connectivity index is 1.63. The van der Waals surface area contributed by atoms with Gasteiger partial charge in [0.15, 0.2) is 0 Å². The molecule has 2 aromatic rings. The molecular formula is C21H14Cl2F4N4O4. The zero-order valence-electron chi connectivity index (χ0n) is 17.4. The highest BCUT2D eigenvalue weighted by Gasteiger charge is 2.48. The smallest absolute Gasteiger partial charge is 0.296 e. The average Bonchev–Trinajstić information content (AvgIpc) is 3.10. The maximum Gasteiger partial charge on any atom is 0.296 e. The van der Waals surface area contributed by atoms with Gasteiger partial charge in [-0.1, -0.05) is 23.2 Å². The van der Waals surface area contributed by atoms with Crippen molar-refractivity contribution < 1.29 is 36.7 Å². The van der Waals surface area contributed by atoms with Crippen molar-refractivity contribution in [2.24, 2.45) is 0 Å². The van der Waals surface area contributed by atoms with Crippen LogP contribution < -0.4 is 10.6 Å². The standard InChI is InChI=1S/C21H14Cl2F4N4O4/c22-8-5-12(23)16(28-6-8)21(27,20(25)26)30-17(33)10-2-1-9-11(15(10)24)7-31(19(9)35)13-3-4-14(32)29-18(13)34/h1-2,5-6,13,20H,3-4,7H2,(H,30,33)(H,29,32,34). The maximum absolute atomic E-state index is 15.3. The number of hydrogen-bond acceptors (Lipinski definition) is 5. The van der Waals surface area contributed by atoms with Crippen LogP contribution in [0.5, 0.6) is 0 Å². The molecule has 4 rings (SSSR count). The van der Waals surface area contributed by atoms with Crippen molar-refractivity contribution in [1.29, 1.82) is 0 Å². The van der Waals surface area contributed by atoms with E-state index in [1.165, 1.54) is 5.32 Å². The molecule has 1 saturated heterocycles. The van der Waals surface area contributed by atoms with Crippen molar-refractivity contribution in [2.75, 3.05) is 0 Å². The van der Waals surface area contributed by atoms with Crippen LogP contribution in [0.3, 0.4) is 0 Å². The highest BCUT2D eigenvalue weighted by atomic mass is 35.5. The number of pyridine rings is 1. The summed E-state index contributed by atoms with van der Waals surface area (Å²) in [5, 5.41) is 2.85. The SMILES string of the molecule is O=C1CCC(N2Cc3c(ccc(C(=O)NC(F)(c4ncc(Cl)cc4Cl)C(F)F)c3F)C2=O)C(=O)N1. The van der Waals surface area contributed by atoms with Crippen molar-refractivity contribution in [2.45, 2.75) is 37.6 Å². The highest BCUT2D eigenvalue weighted by molar-refractivity contribution is 6.34. The van der Waals surface area contributed by atoms with E-state index in [-0.39, 0.29) is 29.0 Å². The van der Waals surface area contributed by atoms with E-state index in [1.54, 1.807) is 0 Å². The summed E-state index contributed by atoms with van der Waals surface area (Å²) in [6.45, 7) is -0.423. The molecule has 0 bridgehead atoms. The van der Waals surface area contributed by atoms with E-state index in [0.29, 0.717) is 0 Å². The van der Waals surface area contributed by atoms with Gasteiger partial charge >= 0.3 is 0 Å². The molecule has 1 aromatic heterocycles. The molecule has 184 valence electrons. The monoisotopic (exact) mass is 532 g/mol. The number of amides is 4. The van der Waals surface area contributed by atoms with Crippen LogP contribution in [0.2, 0.25) is 10.0 Å². The third-order valence-electron chi connectivity index (χ3n) is 5.64. The summed E-state index contributed by atoms with van der Waals surface area (Å²) in [5.74, 6) is -8.66. The zero-order valence-corrected chi connectivity index (χ0v) is 18.9. The van der Waals surface area contributed by atoms with E-state index in [1.807, 2.05) is 0 Å². The van der Waals surface area contributed by atoms with Crippen LogP contribution in [-0.2, 0) is 21.9 Å². The topological polar surface area (TPSA) is 108 Å². The minimum Gasteiger partial charge on any atom is -0.322 e. The van der Waals surface area contributed by atoms with Crippen LogP contribution in [0, 0.1) is 5.82 Å². The molecule has 0 spiro atoms. The van der Waals surface area contributed by atoms with Crippen molar-refractivity contribution in [3.8, 4) is 0 Å². The fourth-order valence-electron chi connectivity index (χ4n) is 3.91. The summed E-state index contributed by atoms with van der Waals surface area (Å²) >= 11 is 11.4. The minimum absolute atomic E-state index is 0.0208. The number of nitrogens with zero attached hydrogens (tertiary/aromatic N) is 2. The van der Waals surface area contributed by atoms with Crippen molar-refractivity contribution >= 4 is 46.8 Å². The fraction of sp³-hybridized carbons (Fsp3) is 0.286. The molecule has 14 heteroatoms. The van der Waals surface area contributed by atoms with Gasteiger partial charge in [-0.2, -0.15) is 0 Å². The van der Waals surface area contributed by atoms with E-state index < -0.39 is 70.5 Å². The second kappa shape index (κ2) is 9.08. The lowest BCUT2D eigenvalue weighted by atomic mass is 10.0. The molecule has 8 nitrogen and oxygen atoms in total. The number of carbonyl (C=O) groups is 4. The average molecular weight is 533 g/mol. The number of halogens is 6. The van der Waals surface area contributed by atoms with Crippen LogP contribution in [0.4, 0.5) is 17.6 Å². The molecule has 0 saturated carbocycles. The molecule has 2 aliphatic rings. The third-order valence-corrected chi connectivity index (χ3v) is 6.14. The molecule has 1 fully saturated rings. The summed E-state index contributed by atoms with van der Waals surface area (Å²) in [4.78, 5) is 53.4. The summed E-state index contributed by atoms with van der Waals surface area (Å²) in [5.41, 5.74) is -2.30. The highest BCUT2D eigenvalue weighted by Crippen LogP contribution is 2.36. The Labute approximate surface area is 204 Å². The number of nitrogens with one attached hydrogen (secondary N) is 2. The molecule has 2 unspecified atom stereocenters. The molecular weight excluding hydrogens is 519 g/mol. The van der Waals surface area contributed by atoms with E-state index in [2.05, 4.69) is 10.3 Å². The molecule has 4 amide bonds. The zero-order chi connectivity index (χ0) is 25.7. The van der Waals surface area contributed by atoms with Crippen molar-refractivity contribution in [1.82, 2.24) is 20.5 Å². The first-order valence-corrected chi connectivity index (χ1v) is 10.8. The Morgan fingerprint density at radius 3 is 2.60 bits per heavy atom. The lowest BCUT2D eigenvalue weighted by Crippen LogP contribution is -2.52. The normalized spacial score (nSPS) is 19.5. The Morgan fingerprint density at radius 1 is 1.26 bits per heavy atom. The quantitative estimate of drug-likeness (QED) is 0.349. The first-order valence-electron chi connectivity index (χ1n) is 10.0. The molecule has 0 radical (unpaired) electrons. The number of benzene rings is 1. The van der Waals surface area contributed by atoms with Gasteiger partial charge in [-0.05, 0) is 24.6 Å². The van der Waals surface area contributed by atoms with Gasteiger partial charge in [-0.25, -0.2) is 17.6 Å². The predicted molar refractivity (Wildman–Crippen MR) is 113 cm³/mol. The fourth-order valence-corrected chi connectivity index (χ4v) is 4.43. The van der Waals surface area contributed by atoms with Gasteiger partial charge < -0.3 is 10.2 Å². The Hall–Kier alpha value is -3.25. The van der Waals surface area contributed by atoms with Crippen molar-refractivity contribution in [3.05, 3.63) is 62.6 Å². The number of carbonyl (C=O) groups excluding carboxylic acids is 4. The third kappa shape index (κ3) is 4.31. The summed E-state index contributed by atoms with van der Waals surface area (Å²) in [6, 6.07) is 1.80. The molecule has 1 aromatic carbocycles. The van der Waals surface area contributed by atoms with Crippen LogP contribution in [0.1, 0.15) is 44.8 Å². The van der Waals surface area contributed by atoms with E-state index in [4.69, 9.17) is 23.2 Å². The number of piperidine rings is 1. The van der Waals surface area contributed by atoms with E-state index in [0.717, 1.165) is 29.3 Å². The van der Waals surface area contributed by atoms with E-state index in [9.17, 15) is 28.0 Å². The van der Waals surface area contributed by atoms with Crippen molar-refractivity contribution in [3.63, 3.8) is 0 Å². The Morgan fingerprint density at radius 2 is 1.97 bits per heavy atom. The summed E-state index contributed by atoms with van der Waals surface area (Å²) < 4.78 is 57.9. The molecule has 2 aliphatic heterocycles. The van der Waals surface area contributed by atoms with Gasteiger partial charge in [0.05, 0.1) is 22.2 Å².